The van der Waals surface area contributed by atoms with E-state index in [0.717, 1.165) is 38.3 Å². The van der Waals surface area contributed by atoms with Crippen molar-refractivity contribution in [2.24, 2.45) is 5.41 Å². The van der Waals surface area contributed by atoms with Crippen LogP contribution in [0.1, 0.15) is 24.0 Å². The van der Waals surface area contributed by atoms with Crippen LogP contribution in [0.4, 0.5) is 13.2 Å². The highest BCUT2D eigenvalue weighted by Gasteiger charge is 2.40. The molecule has 2 fully saturated rings. The molecule has 0 amide bonds. The van der Waals surface area contributed by atoms with E-state index in [4.69, 9.17) is 0 Å². The third kappa shape index (κ3) is 3.71. The first-order chi connectivity index (χ1) is 9.47. The highest BCUT2D eigenvalue weighted by atomic mass is 35.5. The molecular formula is C15H20ClF3N2. The highest BCUT2D eigenvalue weighted by Crippen LogP contribution is 2.36. The van der Waals surface area contributed by atoms with Gasteiger partial charge in [0.15, 0.2) is 0 Å². The standard InChI is InChI=1S/C15H19F3N2.ClH/c16-15(17,18)13-3-1-12(2-4-13)9-20-8-6-14(11-20)5-7-19-10-14;/h1-4,19H,5-11H2;1H. The van der Waals surface area contributed by atoms with Gasteiger partial charge in [0.25, 0.3) is 0 Å². The molecule has 2 saturated heterocycles. The minimum absolute atomic E-state index is 0. The number of rotatable bonds is 2. The second kappa shape index (κ2) is 6.15. The maximum atomic E-state index is 12.5. The van der Waals surface area contributed by atoms with E-state index in [1.54, 1.807) is 12.1 Å². The molecule has 1 aromatic rings. The van der Waals surface area contributed by atoms with Crippen LogP contribution in [0.25, 0.3) is 0 Å². The van der Waals surface area contributed by atoms with Gasteiger partial charge in [-0.05, 0) is 49.0 Å². The summed E-state index contributed by atoms with van der Waals surface area (Å²) in [6.07, 6.45) is -1.83. The summed E-state index contributed by atoms with van der Waals surface area (Å²) in [4.78, 5) is 2.36. The van der Waals surface area contributed by atoms with Gasteiger partial charge in [0.1, 0.15) is 0 Å². The summed E-state index contributed by atoms with van der Waals surface area (Å²) in [5.41, 5.74) is 0.798. The van der Waals surface area contributed by atoms with Crippen molar-refractivity contribution < 1.29 is 13.2 Å². The Kier molecular flexibility index (Phi) is 4.85. The van der Waals surface area contributed by atoms with Gasteiger partial charge in [0.2, 0.25) is 0 Å². The van der Waals surface area contributed by atoms with Crippen LogP contribution in [0.2, 0.25) is 0 Å². The third-order valence-electron chi connectivity index (χ3n) is 4.54. The van der Waals surface area contributed by atoms with Crippen LogP contribution in [0.15, 0.2) is 24.3 Å². The quantitative estimate of drug-likeness (QED) is 0.899. The normalized spacial score (nSPS) is 26.2. The van der Waals surface area contributed by atoms with Crippen LogP contribution in [-0.4, -0.2) is 31.1 Å². The molecule has 2 heterocycles. The number of likely N-dealkylation sites (tertiary alicyclic amines) is 1. The van der Waals surface area contributed by atoms with Crippen LogP contribution < -0.4 is 5.32 Å². The maximum absolute atomic E-state index is 12.5. The molecule has 6 heteroatoms. The molecule has 0 bridgehead atoms. The lowest BCUT2D eigenvalue weighted by molar-refractivity contribution is -0.137. The number of nitrogens with zero attached hydrogens (tertiary/aromatic N) is 1. The zero-order valence-electron chi connectivity index (χ0n) is 11.7. The first kappa shape index (κ1) is 16.6. The van der Waals surface area contributed by atoms with Gasteiger partial charge >= 0.3 is 6.18 Å². The van der Waals surface area contributed by atoms with Crippen molar-refractivity contribution in [2.75, 3.05) is 26.2 Å². The maximum Gasteiger partial charge on any atom is 0.416 e. The summed E-state index contributed by atoms with van der Waals surface area (Å²) in [7, 11) is 0. The fourth-order valence-corrected chi connectivity index (χ4v) is 3.36. The average Bonchev–Trinajstić information content (AvgIpc) is 3.00. The summed E-state index contributed by atoms with van der Waals surface area (Å²) in [6, 6.07) is 5.55. The van der Waals surface area contributed by atoms with Crippen molar-refractivity contribution >= 4 is 12.4 Å². The number of halogens is 4. The first-order valence-corrected chi connectivity index (χ1v) is 7.06. The number of alkyl halides is 3. The van der Waals surface area contributed by atoms with E-state index < -0.39 is 11.7 Å². The molecule has 1 spiro atoms. The SMILES string of the molecule is Cl.FC(F)(F)c1ccc(CN2CCC3(CCNC3)C2)cc1. The van der Waals surface area contributed by atoms with Crippen molar-refractivity contribution in [3.63, 3.8) is 0 Å². The summed E-state index contributed by atoms with van der Waals surface area (Å²) in [5.74, 6) is 0. The van der Waals surface area contributed by atoms with Crippen molar-refractivity contribution in [1.82, 2.24) is 10.2 Å². The van der Waals surface area contributed by atoms with Crippen LogP contribution >= 0.6 is 12.4 Å². The molecule has 1 unspecified atom stereocenters. The molecule has 118 valence electrons. The Labute approximate surface area is 129 Å². The van der Waals surface area contributed by atoms with E-state index in [1.807, 2.05) is 0 Å². The van der Waals surface area contributed by atoms with Gasteiger partial charge in [-0.2, -0.15) is 13.2 Å². The molecule has 1 aromatic carbocycles. The highest BCUT2D eigenvalue weighted by molar-refractivity contribution is 5.85. The Balaban J connectivity index is 0.00000161. The minimum Gasteiger partial charge on any atom is -0.316 e. The predicted octanol–water partition coefficient (Wildman–Crippen LogP) is 3.31. The Morgan fingerprint density at radius 3 is 2.43 bits per heavy atom. The zero-order valence-corrected chi connectivity index (χ0v) is 12.6. The fourth-order valence-electron chi connectivity index (χ4n) is 3.36. The van der Waals surface area contributed by atoms with Gasteiger partial charge in [-0.3, -0.25) is 4.90 Å². The van der Waals surface area contributed by atoms with Gasteiger partial charge in [0, 0.05) is 19.6 Å². The van der Waals surface area contributed by atoms with E-state index in [9.17, 15) is 13.2 Å². The van der Waals surface area contributed by atoms with Crippen molar-refractivity contribution in [3.05, 3.63) is 35.4 Å². The van der Waals surface area contributed by atoms with E-state index in [2.05, 4.69) is 10.2 Å². The van der Waals surface area contributed by atoms with Crippen LogP contribution in [-0.2, 0) is 12.7 Å². The second-order valence-corrected chi connectivity index (χ2v) is 6.08. The van der Waals surface area contributed by atoms with Crippen molar-refractivity contribution in [1.29, 1.82) is 0 Å². The Morgan fingerprint density at radius 1 is 1.14 bits per heavy atom. The number of benzene rings is 1. The summed E-state index contributed by atoms with van der Waals surface area (Å²) < 4.78 is 37.5. The number of hydrogen-bond donors (Lipinski definition) is 1. The van der Waals surface area contributed by atoms with E-state index in [-0.39, 0.29) is 12.4 Å². The fraction of sp³-hybridized carbons (Fsp3) is 0.600. The molecule has 2 aliphatic heterocycles. The van der Waals surface area contributed by atoms with Crippen LogP contribution in [0, 0.1) is 5.41 Å². The molecule has 0 radical (unpaired) electrons. The lowest BCUT2D eigenvalue weighted by Gasteiger charge is -2.23. The molecule has 0 aliphatic carbocycles. The van der Waals surface area contributed by atoms with Crippen LogP contribution in [0.5, 0.6) is 0 Å². The minimum atomic E-state index is -4.24. The van der Waals surface area contributed by atoms with Gasteiger partial charge < -0.3 is 5.32 Å². The van der Waals surface area contributed by atoms with Gasteiger partial charge in [-0.25, -0.2) is 0 Å². The first-order valence-electron chi connectivity index (χ1n) is 7.06. The molecule has 2 aliphatic rings. The smallest absolute Gasteiger partial charge is 0.316 e. The van der Waals surface area contributed by atoms with Gasteiger partial charge in [-0.1, -0.05) is 12.1 Å². The summed E-state index contributed by atoms with van der Waals surface area (Å²) in [6.45, 7) is 5.02. The molecule has 3 rings (SSSR count). The Hall–Kier alpha value is -0.780. The predicted molar refractivity (Wildman–Crippen MR) is 78.5 cm³/mol. The van der Waals surface area contributed by atoms with Crippen molar-refractivity contribution in [3.8, 4) is 0 Å². The number of nitrogens with one attached hydrogen (secondary N) is 1. The van der Waals surface area contributed by atoms with Crippen molar-refractivity contribution in [2.45, 2.75) is 25.6 Å². The third-order valence-corrected chi connectivity index (χ3v) is 4.54. The molecule has 1 N–H and O–H groups in total. The molecule has 21 heavy (non-hydrogen) atoms. The van der Waals surface area contributed by atoms with Crippen LogP contribution in [0.3, 0.4) is 0 Å². The Morgan fingerprint density at radius 2 is 1.86 bits per heavy atom. The van der Waals surface area contributed by atoms with Gasteiger partial charge in [0.05, 0.1) is 5.56 Å². The monoisotopic (exact) mass is 320 g/mol. The van der Waals surface area contributed by atoms with E-state index >= 15 is 0 Å². The topological polar surface area (TPSA) is 15.3 Å². The second-order valence-electron chi connectivity index (χ2n) is 6.08. The summed E-state index contributed by atoms with van der Waals surface area (Å²) in [5, 5.41) is 3.41. The average molecular weight is 321 g/mol. The van der Waals surface area contributed by atoms with Gasteiger partial charge in [-0.15, -0.1) is 12.4 Å². The number of hydrogen-bond acceptors (Lipinski definition) is 2. The largest absolute Gasteiger partial charge is 0.416 e. The molecule has 1 atom stereocenters. The molecular weight excluding hydrogens is 301 g/mol. The zero-order chi connectivity index (χ0) is 14.2. The van der Waals surface area contributed by atoms with E-state index in [0.29, 0.717) is 5.41 Å². The Bertz CT molecular complexity index is 467. The summed E-state index contributed by atoms with van der Waals surface area (Å²) >= 11 is 0. The lowest BCUT2D eigenvalue weighted by atomic mass is 9.86. The lowest BCUT2D eigenvalue weighted by Crippen LogP contribution is -2.28. The van der Waals surface area contributed by atoms with E-state index in [1.165, 1.54) is 25.0 Å². The molecule has 0 saturated carbocycles. The molecule has 0 aromatic heterocycles. The molecule has 2 nitrogen and oxygen atoms in total.